The maximum absolute atomic E-state index is 12.2. The van der Waals surface area contributed by atoms with Gasteiger partial charge in [0.2, 0.25) is 0 Å². The average Bonchev–Trinajstić information content (AvgIpc) is 2.97. The minimum absolute atomic E-state index is 0.00503. The second kappa shape index (κ2) is 6.26. The summed E-state index contributed by atoms with van der Waals surface area (Å²) in [5, 5.41) is 16.2. The quantitative estimate of drug-likeness (QED) is 0.894. The number of carbonyl (C=O) groups is 2. The van der Waals surface area contributed by atoms with Crippen LogP contribution in [-0.4, -0.2) is 40.6 Å². The standard InChI is InChI=1S/C14H20N2O3S/c1-9-3-5-16(12(9)13(17)18)14(19)15-10(2)7-11-4-6-20-8-11/h4,6,8-10,12H,3,5,7H2,1-2H3,(H,15,19)(H,17,18). The monoisotopic (exact) mass is 296 g/mol. The number of urea groups is 1. The molecule has 0 spiro atoms. The number of carboxylic acid groups (broad SMARTS) is 1. The molecule has 0 saturated carbocycles. The van der Waals surface area contributed by atoms with Crippen molar-refractivity contribution >= 4 is 23.3 Å². The molecule has 1 aromatic rings. The molecule has 20 heavy (non-hydrogen) atoms. The Morgan fingerprint density at radius 3 is 2.95 bits per heavy atom. The van der Waals surface area contributed by atoms with Gasteiger partial charge in [0.1, 0.15) is 6.04 Å². The van der Waals surface area contributed by atoms with E-state index in [9.17, 15) is 14.7 Å². The third kappa shape index (κ3) is 3.30. The highest BCUT2D eigenvalue weighted by molar-refractivity contribution is 7.07. The van der Waals surface area contributed by atoms with Gasteiger partial charge < -0.3 is 15.3 Å². The van der Waals surface area contributed by atoms with E-state index >= 15 is 0 Å². The molecule has 2 rings (SSSR count). The molecule has 1 fully saturated rings. The van der Waals surface area contributed by atoms with Crippen molar-refractivity contribution in [2.24, 2.45) is 5.92 Å². The fourth-order valence-electron chi connectivity index (χ4n) is 2.66. The molecule has 3 unspecified atom stereocenters. The first kappa shape index (κ1) is 14.8. The van der Waals surface area contributed by atoms with Crippen molar-refractivity contribution in [1.29, 1.82) is 0 Å². The van der Waals surface area contributed by atoms with Gasteiger partial charge in [0, 0.05) is 12.6 Å². The van der Waals surface area contributed by atoms with E-state index < -0.39 is 12.0 Å². The molecule has 6 heteroatoms. The van der Waals surface area contributed by atoms with Crippen molar-refractivity contribution in [2.75, 3.05) is 6.54 Å². The van der Waals surface area contributed by atoms with Crippen LogP contribution in [0.1, 0.15) is 25.8 Å². The van der Waals surface area contributed by atoms with Gasteiger partial charge in [-0.2, -0.15) is 11.3 Å². The molecular formula is C14H20N2O3S. The van der Waals surface area contributed by atoms with Crippen molar-refractivity contribution in [3.05, 3.63) is 22.4 Å². The summed E-state index contributed by atoms with van der Waals surface area (Å²) in [6.45, 7) is 4.32. The first-order valence-electron chi connectivity index (χ1n) is 6.80. The fourth-order valence-corrected chi connectivity index (χ4v) is 3.34. The zero-order valence-corrected chi connectivity index (χ0v) is 12.5. The van der Waals surface area contributed by atoms with Crippen molar-refractivity contribution in [3.8, 4) is 0 Å². The number of rotatable bonds is 4. The summed E-state index contributed by atoms with van der Waals surface area (Å²) in [7, 11) is 0. The van der Waals surface area contributed by atoms with Crippen LogP contribution in [0.15, 0.2) is 16.8 Å². The third-order valence-electron chi connectivity index (χ3n) is 3.71. The summed E-state index contributed by atoms with van der Waals surface area (Å²) in [5.41, 5.74) is 1.19. The molecule has 110 valence electrons. The molecule has 5 nitrogen and oxygen atoms in total. The smallest absolute Gasteiger partial charge is 0.326 e. The molecule has 0 bridgehead atoms. The number of thiophene rings is 1. The summed E-state index contributed by atoms with van der Waals surface area (Å²) in [5.74, 6) is -0.916. The Bertz CT molecular complexity index is 475. The summed E-state index contributed by atoms with van der Waals surface area (Å²) in [6, 6.07) is 1.04. The first-order chi connectivity index (χ1) is 9.49. The van der Waals surface area contributed by atoms with E-state index in [4.69, 9.17) is 0 Å². The van der Waals surface area contributed by atoms with Gasteiger partial charge >= 0.3 is 12.0 Å². The van der Waals surface area contributed by atoms with Gasteiger partial charge in [-0.05, 0) is 48.1 Å². The second-order valence-electron chi connectivity index (χ2n) is 5.43. The molecule has 2 N–H and O–H groups in total. The molecule has 3 atom stereocenters. The van der Waals surface area contributed by atoms with Crippen LogP contribution in [0.4, 0.5) is 4.79 Å². The zero-order chi connectivity index (χ0) is 14.7. The summed E-state index contributed by atoms with van der Waals surface area (Å²) < 4.78 is 0. The lowest BCUT2D eigenvalue weighted by Crippen LogP contribution is -2.50. The Labute approximate surface area is 122 Å². The molecule has 2 heterocycles. The Morgan fingerprint density at radius 1 is 1.60 bits per heavy atom. The van der Waals surface area contributed by atoms with Gasteiger partial charge in [-0.25, -0.2) is 9.59 Å². The van der Waals surface area contributed by atoms with Gasteiger partial charge in [-0.1, -0.05) is 6.92 Å². The molecular weight excluding hydrogens is 276 g/mol. The Morgan fingerprint density at radius 2 is 2.35 bits per heavy atom. The molecule has 0 aliphatic carbocycles. The molecule has 1 saturated heterocycles. The molecule has 1 aromatic heterocycles. The van der Waals surface area contributed by atoms with Crippen LogP contribution in [0.25, 0.3) is 0 Å². The number of likely N-dealkylation sites (tertiary alicyclic amines) is 1. The largest absolute Gasteiger partial charge is 0.480 e. The van der Waals surface area contributed by atoms with E-state index in [0.717, 1.165) is 12.8 Å². The summed E-state index contributed by atoms with van der Waals surface area (Å²) in [4.78, 5) is 24.9. The number of amides is 2. The molecule has 0 radical (unpaired) electrons. The minimum atomic E-state index is -0.921. The van der Waals surface area contributed by atoms with Gasteiger partial charge in [-0.15, -0.1) is 0 Å². The Hall–Kier alpha value is -1.56. The molecule has 1 aliphatic rings. The lowest BCUT2D eigenvalue weighted by molar-refractivity contribution is -0.142. The minimum Gasteiger partial charge on any atom is -0.480 e. The lowest BCUT2D eigenvalue weighted by Gasteiger charge is -2.25. The number of nitrogens with zero attached hydrogens (tertiary/aromatic N) is 1. The lowest BCUT2D eigenvalue weighted by atomic mass is 10.0. The Kier molecular flexibility index (Phi) is 4.65. The normalized spacial score (nSPS) is 23.6. The highest BCUT2D eigenvalue weighted by Gasteiger charge is 2.39. The van der Waals surface area contributed by atoms with E-state index in [2.05, 4.69) is 10.7 Å². The van der Waals surface area contributed by atoms with Crippen molar-refractivity contribution in [2.45, 2.75) is 38.8 Å². The van der Waals surface area contributed by atoms with Gasteiger partial charge in [0.25, 0.3) is 0 Å². The molecule has 2 amide bonds. The van der Waals surface area contributed by atoms with Crippen molar-refractivity contribution < 1.29 is 14.7 Å². The van der Waals surface area contributed by atoms with Crippen molar-refractivity contribution in [3.63, 3.8) is 0 Å². The van der Waals surface area contributed by atoms with Crippen LogP contribution in [0.3, 0.4) is 0 Å². The van der Waals surface area contributed by atoms with Crippen LogP contribution < -0.4 is 5.32 Å². The van der Waals surface area contributed by atoms with E-state index in [1.807, 2.05) is 25.3 Å². The van der Waals surface area contributed by atoms with Gasteiger partial charge in [0.15, 0.2) is 0 Å². The number of hydrogen-bond donors (Lipinski definition) is 2. The predicted molar refractivity (Wildman–Crippen MR) is 77.9 cm³/mol. The number of nitrogens with one attached hydrogen (secondary N) is 1. The third-order valence-corrected chi connectivity index (χ3v) is 4.44. The van der Waals surface area contributed by atoms with Crippen LogP contribution in [0.2, 0.25) is 0 Å². The van der Waals surface area contributed by atoms with E-state index in [-0.39, 0.29) is 18.0 Å². The molecule has 0 aromatic carbocycles. The highest BCUT2D eigenvalue weighted by atomic mass is 32.1. The molecule has 1 aliphatic heterocycles. The number of hydrogen-bond acceptors (Lipinski definition) is 3. The number of aliphatic carboxylic acids is 1. The summed E-state index contributed by atoms with van der Waals surface area (Å²) in [6.07, 6.45) is 1.50. The topological polar surface area (TPSA) is 69.6 Å². The second-order valence-corrected chi connectivity index (χ2v) is 6.21. The van der Waals surface area contributed by atoms with E-state index in [0.29, 0.717) is 6.54 Å². The Balaban J connectivity index is 1.92. The fraction of sp³-hybridized carbons (Fsp3) is 0.571. The van der Waals surface area contributed by atoms with Gasteiger partial charge in [-0.3, -0.25) is 0 Å². The number of carbonyl (C=O) groups excluding carboxylic acids is 1. The maximum atomic E-state index is 12.2. The van der Waals surface area contributed by atoms with Crippen molar-refractivity contribution in [1.82, 2.24) is 10.2 Å². The van der Waals surface area contributed by atoms with Crippen LogP contribution in [-0.2, 0) is 11.2 Å². The van der Waals surface area contributed by atoms with Crippen LogP contribution >= 0.6 is 11.3 Å². The van der Waals surface area contributed by atoms with Gasteiger partial charge in [0.05, 0.1) is 0 Å². The highest BCUT2D eigenvalue weighted by Crippen LogP contribution is 2.24. The van der Waals surface area contributed by atoms with Crippen LogP contribution in [0.5, 0.6) is 0 Å². The van der Waals surface area contributed by atoms with E-state index in [1.165, 1.54) is 10.5 Å². The maximum Gasteiger partial charge on any atom is 0.326 e. The SMILES string of the molecule is CC(Cc1ccsc1)NC(=O)N1CCC(C)C1C(=O)O. The number of carboxylic acids is 1. The van der Waals surface area contributed by atoms with Crippen LogP contribution in [0, 0.1) is 5.92 Å². The summed E-state index contributed by atoms with van der Waals surface area (Å²) >= 11 is 1.63. The average molecular weight is 296 g/mol. The zero-order valence-electron chi connectivity index (χ0n) is 11.7. The predicted octanol–water partition coefficient (Wildman–Crippen LogP) is 2.18. The van der Waals surface area contributed by atoms with E-state index in [1.54, 1.807) is 11.3 Å². The first-order valence-corrected chi connectivity index (χ1v) is 7.74.